The Hall–Kier alpha value is -1.04. The highest BCUT2D eigenvalue weighted by Crippen LogP contribution is 1.93. The molecule has 0 aromatic heterocycles. The van der Waals surface area contributed by atoms with Crippen molar-refractivity contribution >= 4 is 29.5 Å². The van der Waals surface area contributed by atoms with Gasteiger partial charge in [-0.3, -0.25) is 9.59 Å². The lowest BCUT2D eigenvalue weighted by Gasteiger charge is -2.03. The van der Waals surface area contributed by atoms with Gasteiger partial charge in [0.15, 0.2) is 0 Å². The van der Waals surface area contributed by atoms with Gasteiger partial charge in [-0.1, -0.05) is 0 Å². The number of ether oxygens (including phenoxy) is 2. The summed E-state index contributed by atoms with van der Waals surface area (Å²) in [5.74, 6) is -1.68. The van der Waals surface area contributed by atoms with Crippen LogP contribution in [0.5, 0.6) is 0 Å². The van der Waals surface area contributed by atoms with Gasteiger partial charge < -0.3 is 9.47 Å². The van der Waals surface area contributed by atoms with Crippen LogP contribution in [0.4, 0.5) is 0 Å². The highest BCUT2D eigenvalue weighted by atomic mass is 32.2. The van der Waals surface area contributed by atoms with Gasteiger partial charge in [0.05, 0.1) is 5.75 Å². The summed E-state index contributed by atoms with van der Waals surface area (Å²) in [6.45, 7) is 1.01. The Morgan fingerprint density at radius 1 is 1.14 bits per heavy atom. The van der Waals surface area contributed by atoms with E-state index in [4.69, 9.17) is 0 Å². The maximum absolute atomic E-state index is 10.8. The molecule has 0 radical (unpaired) electrons. The molecule has 0 aliphatic rings. The third kappa shape index (κ3) is 6.47. The first-order valence-corrected chi connectivity index (χ1v) is 5.29. The van der Waals surface area contributed by atoms with Gasteiger partial charge in [-0.2, -0.15) is 11.8 Å². The Labute approximate surface area is 86.1 Å². The van der Waals surface area contributed by atoms with Crippen LogP contribution in [0.15, 0.2) is 0 Å². The third-order valence-electron chi connectivity index (χ3n) is 1.13. The van der Waals surface area contributed by atoms with Crippen molar-refractivity contribution in [2.75, 3.05) is 25.2 Å². The molecule has 0 heterocycles. The van der Waals surface area contributed by atoms with Crippen LogP contribution in [0, 0.1) is 0 Å². The van der Waals surface area contributed by atoms with Crippen LogP contribution in [-0.2, 0) is 23.9 Å². The van der Waals surface area contributed by atoms with Gasteiger partial charge in [0.1, 0.15) is 13.2 Å². The Morgan fingerprint density at radius 3 is 2.21 bits per heavy atom. The number of hydrogen-bond acceptors (Lipinski definition) is 6. The van der Waals surface area contributed by atoms with Crippen molar-refractivity contribution in [1.29, 1.82) is 0 Å². The van der Waals surface area contributed by atoms with E-state index in [0.29, 0.717) is 0 Å². The minimum absolute atomic E-state index is 0.0155. The van der Waals surface area contributed by atoms with Crippen molar-refractivity contribution in [3.8, 4) is 0 Å². The molecule has 14 heavy (non-hydrogen) atoms. The number of carbonyl (C=O) groups excluding carboxylic acids is 3. The van der Waals surface area contributed by atoms with Crippen LogP contribution in [0.2, 0.25) is 0 Å². The Morgan fingerprint density at radius 2 is 1.71 bits per heavy atom. The second kappa shape index (κ2) is 7.37. The summed E-state index contributed by atoms with van der Waals surface area (Å²) in [5, 5.41) is 0. The first-order valence-electron chi connectivity index (χ1n) is 3.90. The Kier molecular flexibility index (Phi) is 6.82. The molecular formula is C8H12O5S. The molecule has 0 aliphatic carbocycles. The lowest BCUT2D eigenvalue weighted by molar-refractivity contribution is -0.156. The zero-order chi connectivity index (χ0) is 11.0. The Balaban J connectivity index is 3.42. The number of esters is 2. The lowest BCUT2D eigenvalue weighted by atomic mass is 10.5. The second-order valence-electron chi connectivity index (χ2n) is 2.35. The van der Waals surface area contributed by atoms with Crippen LogP contribution >= 0.6 is 11.8 Å². The topological polar surface area (TPSA) is 69.7 Å². The third-order valence-corrected chi connectivity index (χ3v) is 1.65. The SMILES string of the molecule is CSCC(=O)OCCOC(=O)C(C)=O. The fourth-order valence-electron chi connectivity index (χ4n) is 0.551. The first-order chi connectivity index (χ1) is 6.57. The molecule has 6 heteroatoms. The molecule has 0 aliphatic heterocycles. The highest BCUT2D eigenvalue weighted by Gasteiger charge is 2.08. The summed E-state index contributed by atoms with van der Waals surface area (Å²) in [4.78, 5) is 31.8. The first kappa shape index (κ1) is 13.0. The van der Waals surface area contributed by atoms with Crippen LogP contribution in [0.1, 0.15) is 6.92 Å². The monoisotopic (exact) mass is 220 g/mol. The van der Waals surface area contributed by atoms with E-state index < -0.39 is 11.8 Å². The van der Waals surface area contributed by atoms with E-state index in [1.165, 1.54) is 11.8 Å². The molecule has 5 nitrogen and oxygen atoms in total. The summed E-state index contributed by atoms with van der Waals surface area (Å²) in [6.07, 6.45) is 1.77. The molecule has 0 rings (SSSR count). The summed E-state index contributed by atoms with van der Waals surface area (Å²) in [6, 6.07) is 0. The predicted molar refractivity (Wildman–Crippen MR) is 51.0 cm³/mol. The number of carbonyl (C=O) groups is 3. The number of thioether (sulfide) groups is 1. The van der Waals surface area contributed by atoms with Gasteiger partial charge in [0, 0.05) is 6.92 Å². The lowest BCUT2D eigenvalue weighted by Crippen LogP contribution is -2.18. The Bertz CT molecular complexity index is 226. The number of hydrogen-bond donors (Lipinski definition) is 0. The van der Waals surface area contributed by atoms with Gasteiger partial charge in [0.2, 0.25) is 5.78 Å². The smallest absolute Gasteiger partial charge is 0.374 e. The molecule has 0 amide bonds. The van der Waals surface area contributed by atoms with E-state index in [0.717, 1.165) is 6.92 Å². The average molecular weight is 220 g/mol. The van der Waals surface area contributed by atoms with Crippen molar-refractivity contribution in [3.63, 3.8) is 0 Å². The summed E-state index contributed by atoms with van der Waals surface area (Å²) in [7, 11) is 0. The molecule has 80 valence electrons. The van der Waals surface area contributed by atoms with Gasteiger partial charge in [0.25, 0.3) is 0 Å². The summed E-state index contributed by atoms with van der Waals surface area (Å²) >= 11 is 1.34. The van der Waals surface area contributed by atoms with E-state index in [-0.39, 0.29) is 24.9 Å². The number of rotatable bonds is 6. The average Bonchev–Trinajstić information content (AvgIpc) is 2.12. The van der Waals surface area contributed by atoms with Gasteiger partial charge in [-0.05, 0) is 6.26 Å². The normalized spacial score (nSPS) is 9.29. The molecule has 0 N–H and O–H groups in total. The molecule has 0 saturated carbocycles. The molecule has 0 unspecified atom stereocenters. The van der Waals surface area contributed by atoms with E-state index in [2.05, 4.69) is 9.47 Å². The molecule has 0 aromatic rings. The summed E-state index contributed by atoms with van der Waals surface area (Å²) < 4.78 is 9.12. The van der Waals surface area contributed by atoms with Crippen molar-refractivity contribution < 1.29 is 23.9 Å². The van der Waals surface area contributed by atoms with Gasteiger partial charge >= 0.3 is 11.9 Å². The standard InChI is InChI=1S/C8H12O5S/c1-6(9)8(11)13-4-3-12-7(10)5-14-2/h3-5H2,1-2H3. The molecular weight excluding hydrogens is 208 g/mol. The largest absolute Gasteiger partial charge is 0.461 e. The maximum Gasteiger partial charge on any atom is 0.374 e. The highest BCUT2D eigenvalue weighted by molar-refractivity contribution is 7.99. The van der Waals surface area contributed by atoms with Gasteiger partial charge in [-0.25, -0.2) is 4.79 Å². The van der Waals surface area contributed by atoms with Crippen molar-refractivity contribution in [2.45, 2.75) is 6.92 Å². The fraction of sp³-hybridized carbons (Fsp3) is 0.625. The molecule has 0 aromatic carbocycles. The minimum atomic E-state index is -0.911. The predicted octanol–water partition coefficient (Wildman–Crippen LogP) is 0.0248. The molecule has 0 saturated heterocycles. The van der Waals surface area contributed by atoms with Crippen molar-refractivity contribution in [2.24, 2.45) is 0 Å². The fourth-order valence-corrected chi connectivity index (χ4v) is 0.870. The van der Waals surface area contributed by atoms with E-state index in [1.807, 2.05) is 0 Å². The quantitative estimate of drug-likeness (QED) is 0.357. The van der Waals surface area contributed by atoms with Crippen LogP contribution < -0.4 is 0 Å². The number of ketones is 1. The molecule has 0 fully saturated rings. The molecule has 0 bridgehead atoms. The van der Waals surface area contributed by atoms with Crippen LogP contribution in [-0.4, -0.2) is 42.9 Å². The second-order valence-corrected chi connectivity index (χ2v) is 3.21. The minimum Gasteiger partial charge on any atom is -0.461 e. The molecule has 0 atom stereocenters. The van der Waals surface area contributed by atoms with Gasteiger partial charge in [-0.15, -0.1) is 0 Å². The van der Waals surface area contributed by atoms with Crippen molar-refractivity contribution in [3.05, 3.63) is 0 Å². The molecule has 0 spiro atoms. The van der Waals surface area contributed by atoms with E-state index in [1.54, 1.807) is 6.26 Å². The summed E-state index contributed by atoms with van der Waals surface area (Å²) in [5.41, 5.74) is 0. The van der Waals surface area contributed by atoms with Crippen molar-refractivity contribution in [1.82, 2.24) is 0 Å². The van der Waals surface area contributed by atoms with Crippen LogP contribution in [0.3, 0.4) is 0 Å². The van der Waals surface area contributed by atoms with E-state index >= 15 is 0 Å². The zero-order valence-corrected chi connectivity index (χ0v) is 8.89. The zero-order valence-electron chi connectivity index (χ0n) is 8.07. The van der Waals surface area contributed by atoms with Crippen LogP contribution in [0.25, 0.3) is 0 Å². The number of Topliss-reactive ketones (excluding diaryl/α,β-unsaturated/α-hetero) is 1. The van der Waals surface area contributed by atoms with E-state index in [9.17, 15) is 14.4 Å². The maximum atomic E-state index is 10.8.